The maximum absolute atomic E-state index is 13.8. The van der Waals surface area contributed by atoms with Gasteiger partial charge in [0.2, 0.25) is 11.8 Å². The molecule has 0 unspecified atom stereocenters. The van der Waals surface area contributed by atoms with Gasteiger partial charge in [0.25, 0.3) is 10.0 Å². The van der Waals surface area contributed by atoms with Crippen molar-refractivity contribution in [2.75, 3.05) is 17.9 Å². The average Bonchev–Trinajstić information content (AvgIpc) is 2.88. The standard InChI is InChI=1S/C27H29ClFN3O4S/c1-4-24(27(34)30-3)31(17-20-9-13-22(29)14-10-20)26(33)18-32(25-8-6-5-7-19(25)2)37(35,36)23-15-11-21(28)12-16-23/h5-16,24H,4,17-18H2,1-3H3,(H,30,34)/t24-/m1/s1. The second-order valence-corrected chi connectivity index (χ2v) is 10.7. The molecule has 0 aliphatic carbocycles. The summed E-state index contributed by atoms with van der Waals surface area (Å²) < 4.78 is 42.1. The third-order valence-corrected chi connectivity index (χ3v) is 7.99. The van der Waals surface area contributed by atoms with Crippen molar-refractivity contribution in [2.24, 2.45) is 0 Å². The molecule has 3 rings (SSSR count). The maximum atomic E-state index is 13.8. The molecule has 0 aliphatic heterocycles. The van der Waals surface area contributed by atoms with Gasteiger partial charge < -0.3 is 10.2 Å². The summed E-state index contributed by atoms with van der Waals surface area (Å²) >= 11 is 5.96. The molecule has 0 saturated carbocycles. The van der Waals surface area contributed by atoms with E-state index < -0.39 is 34.3 Å². The Morgan fingerprint density at radius 3 is 2.19 bits per heavy atom. The first-order valence-electron chi connectivity index (χ1n) is 11.7. The molecule has 0 spiro atoms. The van der Waals surface area contributed by atoms with Crippen molar-refractivity contribution in [2.45, 2.75) is 37.8 Å². The van der Waals surface area contributed by atoms with E-state index >= 15 is 0 Å². The number of hydrogen-bond acceptors (Lipinski definition) is 4. The SMILES string of the molecule is CC[C@H](C(=O)NC)N(Cc1ccc(F)cc1)C(=O)CN(c1ccccc1C)S(=O)(=O)c1ccc(Cl)cc1. The molecule has 1 N–H and O–H groups in total. The van der Waals surface area contributed by atoms with Crippen LogP contribution in [-0.2, 0) is 26.2 Å². The van der Waals surface area contributed by atoms with Crippen molar-refractivity contribution < 1.29 is 22.4 Å². The van der Waals surface area contributed by atoms with Crippen LogP contribution in [-0.4, -0.2) is 44.8 Å². The molecule has 10 heteroatoms. The lowest BCUT2D eigenvalue weighted by atomic mass is 10.1. The van der Waals surface area contributed by atoms with E-state index in [1.54, 1.807) is 38.1 Å². The molecular formula is C27H29ClFN3O4S. The fourth-order valence-electron chi connectivity index (χ4n) is 3.96. The van der Waals surface area contributed by atoms with Crippen molar-refractivity contribution in [3.63, 3.8) is 0 Å². The van der Waals surface area contributed by atoms with Gasteiger partial charge in [-0.2, -0.15) is 0 Å². The molecule has 0 fully saturated rings. The van der Waals surface area contributed by atoms with E-state index in [1.165, 1.54) is 60.5 Å². The van der Waals surface area contributed by atoms with Gasteiger partial charge in [-0.05, 0) is 66.9 Å². The van der Waals surface area contributed by atoms with Crippen molar-refractivity contribution in [1.82, 2.24) is 10.2 Å². The molecule has 2 amide bonds. The van der Waals surface area contributed by atoms with Crippen molar-refractivity contribution in [3.05, 3.63) is 94.8 Å². The Balaban J connectivity index is 2.06. The molecule has 1 atom stereocenters. The number of aryl methyl sites for hydroxylation is 1. The van der Waals surface area contributed by atoms with E-state index in [-0.39, 0.29) is 17.3 Å². The molecule has 196 valence electrons. The highest BCUT2D eigenvalue weighted by Gasteiger charge is 2.33. The number of nitrogens with one attached hydrogen (secondary N) is 1. The maximum Gasteiger partial charge on any atom is 0.264 e. The van der Waals surface area contributed by atoms with Gasteiger partial charge >= 0.3 is 0 Å². The number of rotatable bonds is 10. The molecule has 7 nitrogen and oxygen atoms in total. The van der Waals surface area contributed by atoms with Gasteiger partial charge in [-0.25, -0.2) is 12.8 Å². The van der Waals surface area contributed by atoms with Crippen molar-refractivity contribution >= 4 is 39.1 Å². The minimum absolute atomic E-state index is 0.00631. The third kappa shape index (κ3) is 6.67. The molecule has 3 aromatic carbocycles. The van der Waals surface area contributed by atoms with Gasteiger partial charge in [0, 0.05) is 18.6 Å². The highest BCUT2D eigenvalue weighted by atomic mass is 35.5. The zero-order valence-electron chi connectivity index (χ0n) is 20.8. The van der Waals surface area contributed by atoms with E-state index in [0.29, 0.717) is 28.3 Å². The zero-order valence-corrected chi connectivity index (χ0v) is 22.4. The quantitative estimate of drug-likeness (QED) is 0.405. The number of hydrogen-bond donors (Lipinski definition) is 1. The normalized spacial score (nSPS) is 12.0. The van der Waals surface area contributed by atoms with Crippen LogP contribution < -0.4 is 9.62 Å². The predicted molar refractivity (Wildman–Crippen MR) is 142 cm³/mol. The summed E-state index contributed by atoms with van der Waals surface area (Å²) in [4.78, 5) is 27.8. The fraction of sp³-hybridized carbons (Fsp3) is 0.259. The summed E-state index contributed by atoms with van der Waals surface area (Å²) in [7, 11) is -2.71. The molecule has 37 heavy (non-hydrogen) atoms. The van der Waals surface area contributed by atoms with Gasteiger partial charge in [0.05, 0.1) is 10.6 Å². The number of nitrogens with zero attached hydrogens (tertiary/aromatic N) is 2. The summed E-state index contributed by atoms with van der Waals surface area (Å²) in [6.07, 6.45) is 0.293. The molecule has 0 bridgehead atoms. The van der Waals surface area contributed by atoms with Gasteiger partial charge in [-0.3, -0.25) is 13.9 Å². The lowest BCUT2D eigenvalue weighted by Crippen LogP contribution is -2.51. The number of carbonyl (C=O) groups excluding carboxylic acids is 2. The van der Waals surface area contributed by atoms with E-state index in [1.807, 2.05) is 0 Å². The van der Waals surface area contributed by atoms with Crippen LogP contribution in [0.15, 0.2) is 77.7 Å². The largest absolute Gasteiger partial charge is 0.357 e. The second-order valence-electron chi connectivity index (χ2n) is 8.44. The Bertz CT molecular complexity index is 1350. The van der Waals surface area contributed by atoms with Crippen LogP contribution in [0.1, 0.15) is 24.5 Å². The van der Waals surface area contributed by atoms with E-state index in [0.717, 1.165) is 4.31 Å². The predicted octanol–water partition coefficient (Wildman–Crippen LogP) is 4.54. The topological polar surface area (TPSA) is 86.8 Å². The molecule has 0 aliphatic rings. The first-order chi connectivity index (χ1) is 17.6. The Morgan fingerprint density at radius 1 is 1.00 bits per heavy atom. The van der Waals surface area contributed by atoms with Crippen LogP contribution in [0.25, 0.3) is 0 Å². The lowest BCUT2D eigenvalue weighted by molar-refractivity contribution is -0.140. The van der Waals surface area contributed by atoms with Crippen LogP contribution in [0.5, 0.6) is 0 Å². The summed E-state index contributed by atoms with van der Waals surface area (Å²) in [5.41, 5.74) is 1.58. The number of carbonyl (C=O) groups is 2. The number of likely N-dealkylation sites (N-methyl/N-ethyl adjacent to an activating group) is 1. The van der Waals surface area contributed by atoms with Crippen molar-refractivity contribution in [3.8, 4) is 0 Å². The molecule has 0 saturated heterocycles. The number of halogens is 2. The first-order valence-corrected chi connectivity index (χ1v) is 13.5. The Labute approximate surface area is 221 Å². The van der Waals surface area contributed by atoms with Crippen LogP contribution in [0.2, 0.25) is 5.02 Å². The Hall–Kier alpha value is -3.43. The highest BCUT2D eigenvalue weighted by molar-refractivity contribution is 7.92. The summed E-state index contributed by atoms with van der Waals surface area (Å²) in [6.45, 7) is 2.95. The number of para-hydroxylation sites is 1. The van der Waals surface area contributed by atoms with Gasteiger partial charge in [-0.1, -0.05) is 48.9 Å². The van der Waals surface area contributed by atoms with Crippen LogP contribution in [0.3, 0.4) is 0 Å². The van der Waals surface area contributed by atoms with Crippen molar-refractivity contribution in [1.29, 1.82) is 0 Å². The third-order valence-electron chi connectivity index (χ3n) is 5.96. The molecule has 0 heterocycles. The smallest absolute Gasteiger partial charge is 0.264 e. The summed E-state index contributed by atoms with van der Waals surface area (Å²) in [5, 5.41) is 2.94. The summed E-state index contributed by atoms with van der Waals surface area (Å²) in [6, 6.07) is 17.2. The molecule has 0 radical (unpaired) electrons. The minimum Gasteiger partial charge on any atom is -0.357 e. The summed E-state index contributed by atoms with van der Waals surface area (Å²) in [5.74, 6) is -1.40. The zero-order chi connectivity index (χ0) is 27.2. The van der Waals surface area contributed by atoms with Crippen LogP contribution in [0, 0.1) is 12.7 Å². The second kappa shape index (κ2) is 12.2. The highest BCUT2D eigenvalue weighted by Crippen LogP contribution is 2.28. The Kier molecular flexibility index (Phi) is 9.29. The van der Waals surface area contributed by atoms with E-state index in [9.17, 15) is 22.4 Å². The number of amides is 2. The van der Waals surface area contributed by atoms with Crippen LogP contribution in [0.4, 0.5) is 10.1 Å². The Morgan fingerprint density at radius 2 is 1.62 bits per heavy atom. The number of sulfonamides is 1. The average molecular weight is 546 g/mol. The first kappa shape index (κ1) is 28.1. The van der Waals surface area contributed by atoms with E-state index in [2.05, 4.69) is 5.32 Å². The molecule has 3 aromatic rings. The number of anilines is 1. The van der Waals surface area contributed by atoms with E-state index in [4.69, 9.17) is 11.6 Å². The van der Waals surface area contributed by atoms with Gasteiger partial charge in [-0.15, -0.1) is 0 Å². The number of benzene rings is 3. The lowest BCUT2D eigenvalue weighted by Gasteiger charge is -2.33. The molecular weight excluding hydrogens is 517 g/mol. The monoisotopic (exact) mass is 545 g/mol. The van der Waals surface area contributed by atoms with Gasteiger partial charge in [0.1, 0.15) is 18.4 Å². The molecule has 0 aromatic heterocycles. The van der Waals surface area contributed by atoms with Gasteiger partial charge in [0.15, 0.2) is 0 Å². The minimum atomic E-state index is -4.18. The fourth-order valence-corrected chi connectivity index (χ4v) is 5.57. The van der Waals surface area contributed by atoms with Crippen LogP contribution >= 0.6 is 11.6 Å².